The molecule has 0 unspecified atom stereocenters. The highest BCUT2D eigenvalue weighted by molar-refractivity contribution is 6.53. The number of hydrogen-bond donors (Lipinski definition) is 0. The Morgan fingerprint density at radius 2 is 1.29 bits per heavy atom. The molecule has 0 aliphatic heterocycles. The third-order valence-corrected chi connectivity index (χ3v) is 3.36. The molecule has 0 bridgehead atoms. The fraction of sp³-hybridized carbons (Fsp3) is 0.400. The number of rotatable bonds is 1. The van der Waals surface area contributed by atoms with Gasteiger partial charge in [0.1, 0.15) is 0 Å². The number of aromatic nitrogens is 3. The molecule has 1 aromatic heterocycles. The van der Waals surface area contributed by atoms with Gasteiger partial charge >= 0.3 is 17.1 Å². The Morgan fingerprint density at radius 3 is 1.57 bits per heavy atom. The van der Waals surface area contributed by atoms with Gasteiger partial charge in [-0.25, -0.2) is 14.4 Å². The molecule has 1 aromatic rings. The van der Waals surface area contributed by atoms with Crippen LogP contribution in [0, 0.1) is 0 Å². The lowest BCUT2D eigenvalue weighted by Crippen LogP contribution is -2.53. The van der Waals surface area contributed by atoms with E-state index in [1.54, 1.807) is 13.1 Å². The number of hydrogen-bond acceptors (Lipinski definition) is 3. The van der Waals surface area contributed by atoms with Gasteiger partial charge in [-0.2, -0.15) is 8.17 Å². The molecule has 0 saturated carbocycles. The van der Waals surface area contributed by atoms with Gasteiger partial charge in [-0.3, -0.25) is 4.23 Å². The van der Waals surface area contributed by atoms with Gasteiger partial charge in [0, 0.05) is 23.6 Å². The molecule has 0 spiro atoms. The molecule has 1 rings (SSSR count). The first-order valence-corrected chi connectivity index (χ1v) is 6.64. The van der Waals surface area contributed by atoms with Crippen molar-refractivity contribution in [3.8, 4) is 0 Å². The first-order valence-electron chi connectivity index (χ1n) is 3.52. The van der Waals surface area contributed by atoms with Crippen LogP contribution >= 0.6 is 23.6 Å². The minimum absolute atomic E-state index is 0.284. The lowest BCUT2D eigenvalue weighted by atomic mass is 11.0. The summed E-state index contributed by atoms with van der Waals surface area (Å²) in [7, 11) is -1.39. The van der Waals surface area contributed by atoms with Crippen molar-refractivity contribution in [2.24, 2.45) is 0 Å². The quantitative estimate of drug-likeness (QED) is 0.622. The highest BCUT2D eigenvalue weighted by atomic mass is 35.5. The minimum Gasteiger partial charge on any atom is -0.274 e. The van der Waals surface area contributed by atoms with Crippen molar-refractivity contribution in [3.05, 3.63) is 31.5 Å². The van der Waals surface area contributed by atoms with Crippen LogP contribution in [0.1, 0.15) is 0 Å². The van der Waals surface area contributed by atoms with E-state index in [0.717, 1.165) is 4.23 Å². The summed E-state index contributed by atoms with van der Waals surface area (Å²) in [6.07, 6.45) is 0. The van der Waals surface area contributed by atoms with Crippen molar-refractivity contribution in [3.63, 3.8) is 0 Å². The zero-order valence-corrected chi connectivity index (χ0v) is 9.83. The topological polar surface area (TPSA) is 66.0 Å². The van der Waals surface area contributed by atoms with Crippen LogP contribution in [0.25, 0.3) is 0 Å². The summed E-state index contributed by atoms with van der Waals surface area (Å²) in [6.45, 7) is 3.40. The van der Waals surface area contributed by atoms with E-state index in [1.165, 1.54) is 0 Å². The van der Waals surface area contributed by atoms with E-state index in [4.69, 9.17) is 23.6 Å². The lowest BCUT2D eigenvalue weighted by molar-refractivity contribution is 0.758. The molecule has 6 nitrogen and oxygen atoms in total. The van der Waals surface area contributed by atoms with E-state index < -0.39 is 26.0 Å². The SMILES string of the molecule is C[Si](C)n1c(=O)n(Cl)c(=O)n(Cl)c1=O. The van der Waals surface area contributed by atoms with Crippen molar-refractivity contribution < 1.29 is 0 Å². The van der Waals surface area contributed by atoms with Crippen LogP contribution in [0.5, 0.6) is 0 Å². The zero-order chi connectivity index (χ0) is 11.0. The van der Waals surface area contributed by atoms with Crippen molar-refractivity contribution in [2.75, 3.05) is 0 Å². The van der Waals surface area contributed by atoms with Crippen LogP contribution in [0.15, 0.2) is 14.4 Å². The van der Waals surface area contributed by atoms with Gasteiger partial charge in [0.2, 0.25) is 0 Å². The van der Waals surface area contributed by atoms with Crippen molar-refractivity contribution in [1.82, 2.24) is 12.4 Å². The van der Waals surface area contributed by atoms with E-state index in [0.29, 0.717) is 0 Å². The van der Waals surface area contributed by atoms with Gasteiger partial charge < -0.3 is 0 Å². The Morgan fingerprint density at radius 1 is 0.929 bits per heavy atom. The van der Waals surface area contributed by atoms with Crippen LogP contribution in [0.4, 0.5) is 0 Å². The Balaban J connectivity index is 3.89. The van der Waals surface area contributed by atoms with E-state index in [1.807, 2.05) is 0 Å². The van der Waals surface area contributed by atoms with Crippen LogP contribution in [0.2, 0.25) is 13.1 Å². The second-order valence-electron chi connectivity index (χ2n) is 2.69. The molecule has 0 amide bonds. The predicted octanol–water partition coefficient (Wildman–Crippen LogP) is -0.725. The molecule has 0 fully saturated rings. The van der Waals surface area contributed by atoms with E-state index >= 15 is 0 Å². The summed E-state index contributed by atoms with van der Waals surface area (Å²) >= 11 is 10.7. The molecule has 0 saturated heterocycles. The molecule has 0 atom stereocenters. The largest absolute Gasteiger partial charge is 0.366 e. The van der Waals surface area contributed by atoms with Gasteiger partial charge in [-0.1, -0.05) is 13.1 Å². The zero-order valence-electron chi connectivity index (χ0n) is 7.32. The number of halogens is 2. The molecule has 0 aromatic carbocycles. The molecular formula is C5H6Cl2N3O3Si. The van der Waals surface area contributed by atoms with Gasteiger partial charge in [-0.05, 0) is 0 Å². The molecular weight excluding hydrogens is 249 g/mol. The summed E-state index contributed by atoms with van der Waals surface area (Å²) in [5.41, 5.74) is -2.75. The average Bonchev–Trinajstić information content (AvgIpc) is 2.11. The first-order chi connectivity index (χ1) is 6.37. The molecule has 77 valence electrons. The summed E-state index contributed by atoms with van der Waals surface area (Å²) in [4.78, 5) is 33.7. The van der Waals surface area contributed by atoms with Crippen LogP contribution in [-0.4, -0.2) is 21.4 Å². The minimum atomic E-state index is -1.39. The predicted molar refractivity (Wildman–Crippen MR) is 54.6 cm³/mol. The van der Waals surface area contributed by atoms with E-state index in [2.05, 4.69) is 0 Å². The van der Waals surface area contributed by atoms with Crippen molar-refractivity contribution >= 4 is 32.5 Å². The fourth-order valence-electron chi connectivity index (χ4n) is 0.881. The second-order valence-corrected chi connectivity index (χ2v) is 5.71. The van der Waals surface area contributed by atoms with Crippen molar-refractivity contribution in [2.45, 2.75) is 13.1 Å². The molecule has 1 radical (unpaired) electrons. The molecule has 0 aliphatic rings. The highest BCUT2D eigenvalue weighted by Gasteiger charge is 2.15. The third kappa shape index (κ3) is 1.58. The van der Waals surface area contributed by atoms with Gasteiger partial charge in [0.05, 0.1) is 0 Å². The summed E-state index contributed by atoms with van der Waals surface area (Å²) in [5.74, 6) is 0. The third-order valence-electron chi connectivity index (χ3n) is 1.50. The second kappa shape index (κ2) is 3.75. The summed E-state index contributed by atoms with van der Waals surface area (Å²) < 4.78 is 1.45. The number of nitrogens with zero attached hydrogens (tertiary/aromatic N) is 3. The smallest absolute Gasteiger partial charge is 0.274 e. The normalized spacial score (nSPS) is 10.9. The van der Waals surface area contributed by atoms with Crippen LogP contribution < -0.4 is 17.1 Å². The standard InChI is InChI=1S/C5H6Cl2N3O3Si/c1-14(2)10-4(12)8(6)3(11)9(7)5(10)13/h1-2H3. The molecule has 9 heteroatoms. The van der Waals surface area contributed by atoms with Crippen LogP contribution in [-0.2, 0) is 0 Å². The highest BCUT2D eigenvalue weighted by Crippen LogP contribution is 1.81. The van der Waals surface area contributed by atoms with Gasteiger partial charge in [0.15, 0.2) is 8.96 Å². The molecule has 0 N–H and O–H groups in total. The maximum atomic E-state index is 11.4. The van der Waals surface area contributed by atoms with Gasteiger partial charge in [-0.15, -0.1) is 0 Å². The summed E-state index contributed by atoms with van der Waals surface area (Å²) in [5, 5.41) is 0. The molecule has 14 heavy (non-hydrogen) atoms. The first kappa shape index (κ1) is 11.3. The Kier molecular flexibility index (Phi) is 3.03. The summed E-state index contributed by atoms with van der Waals surface area (Å²) in [6, 6.07) is 0. The van der Waals surface area contributed by atoms with Gasteiger partial charge in [0.25, 0.3) is 0 Å². The molecule has 0 aliphatic carbocycles. The maximum Gasteiger partial charge on any atom is 0.366 e. The average molecular weight is 255 g/mol. The lowest BCUT2D eigenvalue weighted by Gasteiger charge is -2.07. The molecule has 1 heterocycles. The Bertz CT molecular complexity index is 488. The van der Waals surface area contributed by atoms with E-state index in [-0.39, 0.29) is 8.17 Å². The van der Waals surface area contributed by atoms with Crippen LogP contribution in [0.3, 0.4) is 0 Å². The maximum absolute atomic E-state index is 11.4. The Labute approximate surface area is 89.8 Å². The fourth-order valence-corrected chi connectivity index (χ4v) is 2.31. The van der Waals surface area contributed by atoms with Crippen molar-refractivity contribution in [1.29, 1.82) is 0 Å². The Hall–Kier alpha value is -0.793. The monoisotopic (exact) mass is 254 g/mol. The van der Waals surface area contributed by atoms with E-state index in [9.17, 15) is 14.4 Å².